The first kappa shape index (κ1) is 14.3. The number of benzene rings is 2. The molecule has 0 aliphatic heterocycles. The second-order valence-corrected chi connectivity index (χ2v) is 4.79. The van der Waals surface area contributed by atoms with Gasteiger partial charge in [-0.15, -0.1) is 0 Å². The summed E-state index contributed by atoms with van der Waals surface area (Å²) in [5, 5.41) is 2.81. The minimum absolute atomic E-state index is 0.0658. The molecule has 2 rings (SSSR count). The highest BCUT2D eigenvalue weighted by atomic mass is 35.5. The molecule has 0 atom stereocenters. The van der Waals surface area contributed by atoms with Crippen molar-refractivity contribution < 1.29 is 9.18 Å². The fourth-order valence-corrected chi connectivity index (χ4v) is 1.79. The molecule has 0 saturated carbocycles. The van der Waals surface area contributed by atoms with Crippen LogP contribution in [0.5, 0.6) is 0 Å². The summed E-state index contributed by atoms with van der Waals surface area (Å²) in [6.07, 6.45) is 3.02. The maximum absolute atomic E-state index is 13.4. The van der Waals surface area contributed by atoms with Crippen molar-refractivity contribution in [3.63, 3.8) is 0 Å². The molecular weight excluding hydrogens is 277 g/mol. The third kappa shape index (κ3) is 3.93. The molecule has 1 N–H and O–H groups in total. The number of hydrogen-bond donors (Lipinski definition) is 1. The topological polar surface area (TPSA) is 29.1 Å². The summed E-state index contributed by atoms with van der Waals surface area (Å²) in [7, 11) is 0. The zero-order valence-corrected chi connectivity index (χ0v) is 11.6. The summed E-state index contributed by atoms with van der Waals surface area (Å²) >= 11 is 5.75. The van der Waals surface area contributed by atoms with Gasteiger partial charge in [0.2, 0.25) is 5.91 Å². The second-order valence-electron chi connectivity index (χ2n) is 4.36. The van der Waals surface area contributed by atoms with Gasteiger partial charge < -0.3 is 5.32 Å². The standard InChI is InChI=1S/C16H13ClFNO/c1-11-2-4-12(5-3-11)6-9-16(20)19-15-10-13(17)7-8-14(15)18/h2-10H,1H3,(H,19,20)/b9-6+. The molecule has 0 radical (unpaired) electrons. The molecule has 0 aliphatic rings. The Morgan fingerprint density at radius 1 is 1.20 bits per heavy atom. The summed E-state index contributed by atoms with van der Waals surface area (Å²) in [6.45, 7) is 1.99. The molecule has 0 spiro atoms. The summed E-state index contributed by atoms with van der Waals surface area (Å²) < 4.78 is 13.4. The molecule has 0 fully saturated rings. The van der Waals surface area contributed by atoms with E-state index in [9.17, 15) is 9.18 Å². The van der Waals surface area contributed by atoms with Crippen LogP contribution in [0.1, 0.15) is 11.1 Å². The molecule has 20 heavy (non-hydrogen) atoms. The van der Waals surface area contributed by atoms with Crippen molar-refractivity contribution in [3.8, 4) is 0 Å². The normalized spacial score (nSPS) is 10.8. The molecule has 0 saturated heterocycles. The summed E-state index contributed by atoms with van der Waals surface area (Å²) in [6, 6.07) is 11.7. The Kier molecular flexibility index (Phi) is 4.53. The largest absolute Gasteiger partial charge is 0.320 e. The van der Waals surface area contributed by atoms with Gasteiger partial charge in [0.1, 0.15) is 5.82 Å². The maximum atomic E-state index is 13.4. The van der Waals surface area contributed by atoms with E-state index >= 15 is 0 Å². The predicted octanol–water partition coefficient (Wildman–Crippen LogP) is 4.44. The lowest BCUT2D eigenvalue weighted by Gasteiger charge is -2.04. The minimum atomic E-state index is -0.522. The minimum Gasteiger partial charge on any atom is -0.320 e. The van der Waals surface area contributed by atoms with Crippen molar-refractivity contribution in [2.75, 3.05) is 5.32 Å². The van der Waals surface area contributed by atoms with E-state index in [4.69, 9.17) is 11.6 Å². The van der Waals surface area contributed by atoms with Gasteiger partial charge in [-0.05, 0) is 36.8 Å². The summed E-state index contributed by atoms with van der Waals surface area (Å²) in [5.41, 5.74) is 2.11. The van der Waals surface area contributed by atoms with Crippen LogP contribution in [0, 0.1) is 12.7 Å². The van der Waals surface area contributed by atoms with Gasteiger partial charge in [-0.25, -0.2) is 4.39 Å². The highest BCUT2D eigenvalue weighted by Crippen LogP contribution is 2.19. The third-order valence-electron chi connectivity index (χ3n) is 2.69. The lowest BCUT2D eigenvalue weighted by molar-refractivity contribution is -0.111. The molecule has 1 amide bonds. The smallest absolute Gasteiger partial charge is 0.248 e. The van der Waals surface area contributed by atoms with Crippen LogP contribution >= 0.6 is 11.6 Å². The predicted molar refractivity (Wildman–Crippen MR) is 80.3 cm³/mol. The summed E-state index contributed by atoms with van der Waals surface area (Å²) in [4.78, 5) is 11.7. The number of rotatable bonds is 3. The molecular formula is C16H13ClFNO. The Balaban J connectivity index is 2.05. The Labute approximate surface area is 121 Å². The molecule has 0 bridgehead atoms. The van der Waals surface area contributed by atoms with Crippen LogP contribution in [-0.2, 0) is 4.79 Å². The Morgan fingerprint density at radius 2 is 1.90 bits per heavy atom. The van der Waals surface area contributed by atoms with Crippen molar-refractivity contribution in [1.82, 2.24) is 0 Å². The van der Waals surface area contributed by atoms with Crippen molar-refractivity contribution >= 4 is 29.3 Å². The van der Waals surface area contributed by atoms with E-state index in [0.29, 0.717) is 5.02 Å². The molecule has 4 heteroatoms. The third-order valence-corrected chi connectivity index (χ3v) is 2.93. The number of nitrogens with one attached hydrogen (secondary N) is 1. The van der Waals surface area contributed by atoms with Crippen molar-refractivity contribution in [2.24, 2.45) is 0 Å². The number of amides is 1. The van der Waals surface area contributed by atoms with Gasteiger partial charge in [0.15, 0.2) is 0 Å². The van der Waals surface area contributed by atoms with Crippen LogP contribution < -0.4 is 5.32 Å². The monoisotopic (exact) mass is 289 g/mol. The molecule has 0 heterocycles. The zero-order valence-electron chi connectivity index (χ0n) is 10.9. The van der Waals surface area contributed by atoms with Crippen LogP contribution in [0.15, 0.2) is 48.5 Å². The van der Waals surface area contributed by atoms with E-state index in [2.05, 4.69) is 5.32 Å². The Bertz CT molecular complexity index is 650. The van der Waals surface area contributed by atoms with Gasteiger partial charge in [-0.2, -0.15) is 0 Å². The number of halogens is 2. The van der Waals surface area contributed by atoms with E-state index in [1.807, 2.05) is 31.2 Å². The maximum Gasteiger partial charge on any atom is 0.248 e. The molecule has 2 aromatic rings. The van der Waals surface area contributed by atoms with Crippen molar-refractivity contribution in [2.45, 2.75) is 6.92 Å². The first-order valence-electron chi connectivity index (χ1n) is 6.05. The van der Waals surface area contributed by atoms with E-state index in [-0.39, 0.29) is 5.69 Å². The van der Waals surface area contributed by atoms with Gasteiger partial charge in [0.25, 0.3) is 0 Å². The van der Waals surface area contributed by atoms with Crippen LogP contribution in [0.3, 0.4) is 0 Å². The molecule has 102 valence electrons. The highest BCUT2D eigenvalue weighted by Gasteiger charge is 2.05. The van der Waals surface area contributed by atoms with Gasteiger partial charge in [-0.3, -0.25) is 4.79 Å². The van der Waals surface area contributed by atoms with Gasteiger partial charge >= 0.3 is 0 Å². The zero-order chi connectivity index (χ0) is 14.5. The Morgan fingerprint density at radius 3 is 2.60 bits per heavy atom. The number of aryl methyl sites for hydroxylation is 1. The Hall–Kier alpha value is -2.13. The fraction of sp³-hybridized carbons (Fsp3) is 0.0625. The average molecular weight is 290 g/mol. The average Bonchev–Trinajstić information content (AvgIpc) is 2.42. The lowest BCUT2D eigenvalue weighted by atomic mass is 10.1. The van der Waals surface area contributed by atoms with E-state index in [1.165, 1.54) is 24.3 Å². The lowest BCUT2D eigenvalue weighted by Crippen LogP contribution is -2.09. The van der Waals surface area contributed by atoms with Crippen LogP contribution in [0.2, 0.25) is 5.02 Å². The van der Waals surface area contributed by atoms with Crippen LogP contribution in [0.4, 0.5) is 10.1 Å². The number of hydrogen-bond acceptors (Lipinski definition) is 1. The fourth-order valence-electron chi connectivity index (χ4n) is 1.62. The van der Waals surface area contributed by atoms with Gasteiger partial charge in [0, 0.05) is 11.1 Å². The second kappa shape index (κ2) is 6.35. The first-order chi connectivity index (χ1) is 9.54. The number of carbonyl (C=O) groups excluding carboxylic acids is 1. The molecule has 0 aliphatic carbocycles. The highest BCUT2D eigenvalue weighted by molar-refractivity contribution is 6.30. The van der Waals surface area contributed by atoms with Crippen LogP contribution in [-0.4, -0.2) is 5.91 Å². The SMILES string of the molecule is Cc1ccc(/C=C/C(=O)Nc2cc(Cl)ccc2F)cc1. The first-order valence-corrected chi connectivity index (χ1v) is 6.43. The molecule has 0 aromatic heterocycles. The van der Waals surface area contributed by atoms with Gasteiger partial charge in [-0.1, -0.05) is 41.4 Å². The van der Waals surface area contributed by atoms with Crippen molar-refractivity contribution in [3.05, 3.63) is 70.5 Å². The van der Waals surface area contributed by atoms with E-state index in [1.54, 1.807) is 6.08 Å². The molecule has 2 nitrogen and oxygen atoms in total. The summed E-state index contributed by atoms with van der Waals surface area (Å²) in [5.74, 6) is -0.932. The number of carbonyl (C=O) groups is 1. The molecule has 0 unspecified atom stereocenters. The number of anilines is 1. The van der Waals surface area contributed by atoms with E-state index in [0.717, 1.165) is 11.1 Å². The van der Waals surface area contributed by atoms with Crippen LogP contribution in [0.25, 0.3) is 6.08 Å². The van der Waals surface area contributed by atoms with Gasteiger partial charge in [0.05, 0.1) is 5.69 Å². The van der Waals surface area contributed by atoms with Crippen molar-refractivity contribution in [1.29, 1.82) is 0 Å². The quantitative estimate of drug-likeness (QED) is 0.832. The molecule has 2 aromatic carbocycles. The van der Waals surface area contributed by atoms with E-state index < -0.39 is 11.7 Å².